The summed E-state index contributed by atoms with van der Waals surface area (Å²) in [6.45, 7) is 3.53. The normalized spacial score (nSPS) is 11.2. The summed E-state index contributed by atoms with van der Waals surface area (Å²) in [7, 11) is 2.74. The molecule has 0 fully saturated rings. The highest BCUT2D eigenvalue weighted by molar-refractivity contribution is 5.95. The van der Waals surface area contributed by atoms with Crippen molar-refractivity contribution in [2.75, 3.05) is 14.2 Å². The molecule has 0 bridgehead atoms. The average molecular weight is 547 g/mol. The third-order valence-electron chi connectivity index (χ3n) is 5.56. The van der Waals surface area contributed by atoms with Crippen LogP contribution in [0.4, 0.5) is 0 Å². The van der Waals surface area contributed by atoms with Gasteiger partial charge in [0.1, 0.15) is 0 Å². The van der Waals surface area contributed by atoms with Crippen molar-refractivity contribution in [3.8, 4) is 34.1 Å². The van der Waals surface area contributed by atoms with E-state index in [1.165, 1.54) is 50.9 Å². The lowest BCUT2D eigenvalue weighted by Crippen LogP contribution is -2.18. The fourth-order valence-corrected chi connectivity index (χ4v) is 3.64. The van der Waals surface area contributed by atoms with Crippen molar-refractivity contribution in [1.29, 1.82) is 0 Å². The fraction of sp³-hybridized carbons (Fsp3) is 0.154. The van der Waals surface area contributed by atoms with Gasteiger partial charge in [0.2, 0.25) is 0 Å². The Kier molecular flexibility index (Phi) is 8.08. The number of hydrogen-bond donors (Lipinski definition) is 6. The number of aryl methyl sites for hydroxylation is 2. The van der Waals surface area contributed by atoms with E-state index in [-0.39, 0.29) is 45.5 Å². The molecule has 0 atom stereocenters. The SMILES string of the molecule is COc1cc(/C=N/NC(=O)c2cc(C)[nH]n2)cc(-c2cc(/C=N/NC(=O)c3cc(C)[nH]n3)cc(OC)c2O)c1O. The molecule has 0 aliphatic rings. The fourth-order valence-electron chi connectivity index (χ4n) is 3.64. The minimum atomic E-state index is -0.518. The second-order valence-corrected chi connectivity index (χ2v) is 8.51. The van der Waals surface area contributed by atoms with E-state index in [4.69, 9.17) is 9.47 Å². The topological polar surface area (TPSA) is 199 Å². The lowest BCUT2D eigenvalue weighted by Gasteiger charge is -2.14. The standard InChI is InChI=1S/C26H26N8O6/c1-13-5-19(31-29-13)25(37)33-27-11-15-7-17(23(35)21(9-15)39-3)18-8-16(10-22(40-4)24(18)36)12-28-34-26(38)20-6-14(2)30-32-20/h5-12,35-36H,1-4H3,(H,29,31)(H,30,32)(H,33,37)(H,34,38)/b27-11+,28-12+. The van der Waals surface area contributed by atoms with Gasteiger partial charge in [0.05, 0.1) is 26.6 Å². The molecule has 2 aromatic heterocycles. The number of carbonyl (C=O) groups is 2. The van der Waals surface area contributed by atoms with E-state index in [0.717, 1.165) is 11.4 Å². The maximum absolute atomic E-state index is 12.2. The summed E-state index contributed by atoms with van der Waals surface area (Å²) in [5, 5.41) is 42.8. The number of amides is 2. The molecule has 2 heterocycles. The first-order valence-electron chi connectivity index (χ1n) is 11.7. The molecular weight excluding hydrogens is 520 g/mol. The quantitative estimate of drug-likeness (QED) is 0.136. The lowest BCUT2D eigenvalue weighted by atomic mass is 9.98. The van der Waals surface area contributed by atoms with E-state index in [0.29, 0.717) is 11.1 Å². The highest BCUT2D eigenvalue weighted by Gasteiger charge is 2.19. The van der Waals surface area contributed by atoms with Crippen molar-refractivity contribution in [2.24, 2.45) is 10.2 Å². The number of ether oxygens (including phenoxy) is 2. The molecule has 40 heavy (non-hydrogen) atoms. The van der Waals surface area contributed by atoms with Crippen LogP contribution in [0.2, 0.25) is 0 Å². The van der Waals surface area contributed by atoms with Gasteiger partial charge < -0.3 is 19.7 Å². The molecule has 2 amide bonds. The second kappa shape index (κ2) is 11.8. The number of phenolic OH excluding ortho intramolecular Hbond substituents is 2. The zero-order valence-electron chi connectivity index (χ0n) is 21.9. The van der Waals surface area contributed by atoms with Crippen LogP contribution in [0.1, 0.15) is 43.5 Å². The van der Waals surface area contributed by atoms with Crippen molar-refractivity contribution in [3.63, 3.8) is 0 Å². The number of aromatic nitrogens is 4. The molecule has 0 spiro atoms. The van der Waals surface area contributed by atoms with Crippen molar-refractivity contribution in [1.82, 2.24) is 31.2 Å². The third-order valence-corrected chi connectivity index (χ3v) is 5.56. The number of phenols is 2. The van der Waals surface area contributed by atoms with Crippen molar-refractivity contribution < 1.29 is 29.3 Å². The summed E-state index contributed by atoms with van der Waals surface area (Å²) in [4.78, 5) is 24.4. The maximum atomic E-state index is 12.2. The number of nitrogens with zero attached hydrogens (tertiary/aromatic N) is 4. The monoisotopic (exact) mass is 546 g/mol. The summed E-state index contributed by atoms with van der Waals surface area (Å²) in [6.07, 6.45) is 2.68. The van der Waals surface area contributed by atoms with Crippen LogP contribution in [0.5, 0.6) is 23.0 Å². The Morgan fingerprint density at radius 3 is 1.48 bits per heavy atom. The van der Waals surface area contributed by atoms with E-state index >= 15 is 0 Å². The Morgan fingerprint density at radius 2 is 1.15 bits per heavy atom. The van der Waals surface area contributed by atoms with Crippen LogP contribution in [0.3, 0.4) is 0 Å². The number of hydrazone groups is 2. The first kappa shape index (κ1) is 27.4. The number of benzene rings is 2. The minimum absolute atomic E-state index is 0.0900. The number of aromatic hydroxyl groups is 2. The van der Waals surface area contributed by atoms with Gasteiger partial charge in [0.25, 0.3) is 11.8 Å². The zero-order valence-corrected chi connectivity index (χ0v) is 21.9. The zero-order chi connectivity index (χ0) is 28.8. The van der Waals surface area contributed by atoms with E-state index < -0.39 is 11.8 Å². The molecule has 14 heteroatoms. The molecule has 0 aliphatic carbocycles. The van der Waals surface area contributed by atoms with Crippen molar-refractivity contribution in [3.05, 3.63) is 70.3 Å². The van der Waals surface area contributed by atoms with Crippen LogP contribution in [0.25, 0.3) is 11.1 Å². The van der Waals surface area contributed by atoms with Gasteiger partial charge in [-0.3, -0.25) is 19.8 Å². The molecule has 6 N–H and O–H groups in total. The van der Waals surface area contributed by atoms with Crippen LogP contribution >= 0.6 is 0 Å². The van der Waals surface area contributed by atoms with Gasteiger partial charge >= 0.3 is 0 Å². The first-order chi connectivity index (χ1) is 19.2. The highest BCUT2D eigenvalue weighted by Crippen LogP contribution is 2.45. The largest absolute Gasteiger partial charge is 0.504 e. The predicted octanol–water partition coefficient (Wildman–Crippen LogP) is 2.37. The van der Waals surface area contributed by atoms with Crippen LogP contribution in [0, 0.1) is 13.8 Å². The molecule has 0 radical (unpaired) electrons. The molecule has 206 valence electrons. The molecule has 0 unspecified atom stereocenters. The molecule has 14 nitrogen and oxygen atoms in total. The molecule has 4 rings (SSSR count). The number of H-pyrrole nitrogens is 2. The Hall–Kier alpha value is -5.66. The van der Waals surface area contributed by atoms with Gasteiger partial charge in [-0.25, -0.2) is 10.9 Å². The van der Waals surface area contributed by atoms with E-state index in [1.54, 1.807) is 26.0 Å². The van der Waals surface area contributed by atoms with Gasteiger partial charge in [0, 0.05) is 22.5 Å². The van der Waals surface area contributed by atoms with Gasteiger partial charge in [0.15, 0.2) is 34.4 Å². The summed E-state index contributed by atoms with van der Waals surface area (Å²) in [5.74, 6) is -1.38. The number of nitrogens with one attached hydrogen (secondary N) is 4. The summed E-state index contributed by atoms with van der Waals surface area (Å²) < 4.78 is 10.6. The highest BCUT2D eigenvalue weighted by atomic mass is 16.5. The number of hydrogen-bond acceptors (Lipinski definition) is 10. The molecule has 0 saturated carbocycles. The Balaban J connectivity index is 1.63. The number of methoxy groups -OCH3 is 2. The minimum Gasteiger partial charge on any atom is -0.504 e. The van der Waals surface area contributed by atoms with Crippen LogP contribution < -0.4 is 20.3 Å². The van der Waals surface area contributed by atoms with Gasteiger partial charge in [-0.05, 0) is 61.4 Å². The number of aromatic amines is 2. The third kappa shape index (κ3) is 6.07. The molecule has 0 aliphatic heterocycles. The van der Waals surface area contributed by atoms with Crippen LogP contribution in [-0.4, -0.2) is 69.1 Å². The number of carbonyl (C=O) groups excluding carboxylic acids is 2. The van der Waals surface area contributed by atoms with E-state index in [9.17, 15) is 19.8 Å². The second-order valence-electron chi connectivity index (χ2n) is 8.51. The predicted molar refractivity (Wildman–Crippen MR) is 145 cm³/mol. The summed E-state index contributed by atoms with van der Waals surface area (Å²) in [5.41, 5.74) is 7.75. The Morgan fingerprint density at radius 1 is 0.750 bits per heavy atom. The van der Waals surface area contributed by atoms with Crippen LogP contribution in [-0.2, 0) is 0 Å². The lowest BCUT2D eigenvalue weighted by molar-refractivity contribution is 0.0942. The van der Waals surface area contributed by atoms with E-state index in [2.05, 4.69) is 41.4 Å². The van der Waals surface area contributed by atoms with Gasteiger partial charge in [-0.1, -0.05) is 0 Å². The molecule has 0 saturated heterocycles. The summed E-state index contributed by atoms with van der Waals surface area (Å²) in [6, 6.07) is 9.20. The Labute approximate surface area is 227 Å². The van der Waals surface area contributed by atoms with Crippen LogP contribution in [0.15, 0.2) is 46.6 Å². The molecular formula is C26H26N8O6. The van der Waals surface area contributed by atoms with Gasteiger partial charge in [-0.15, -0.1) is 0 Å². The number of rotatable bonds is 9. The smallest absolute Gasteiger partial charge is 0.291 e. The molecule has 2 aromatic carbocycles. The first-order valence-corrected chi connectivity index (χ1v) is 11.7. The average Bonchev–Trinajstić information content (AvgIpc) is 3.58. The van der Waals surface area contributed by atoms with E-state index in [1.807, 2.05) is 0 Å². The van der Waals surface area contributed by atoms with Gasteiger partial charge in [-0.2, -0.15) is 20.4 Å². The van der Waals surface area contributed by atoms with Crippen molar-refractivity contribution in [2.45, 2.75) is 13.8 Å². The maximum Gasteiger partial charge on any atom is 0.291 e. The van der Waals surface area contributed by atoms with Crippen molar-refractivity contribution >= 4 is 24.2 Å². The Bertz CT molecular complexity index is 1500. The summed E-state index contributed by atoms with van der Waals surface area (Å²) >= 11 is 0. The molecule has 4 aromatic rings.